The van der Waals surface area contributed by atoms with E-state index in [1.54, 1.807) is 11.8 Å². The van der Waals surface area contributed by atoms with Crippen LogP contribution in [0, 0.1) is 0 Å². The number of hydrogen-bond donors (Lipinski definition) is 1. The summed E-state index contributed by atoms with van der Waals surface area (Å²) in [7, 11) is -1.44. The fourth-order valence-corrected chi connectivity index (χ4v) is 4.69. The molecule has 3 amide bonds. The highest BCUT2D eigenvalue weighted by Crippen LogP contribution is 2.33. The van der Waals surface area contributed by atoms with Gasteiger partial charge in [0.15, 0.2) is 0 Å². The lowest BCUT2D eigenvalue weighted by molar-refractivity contribution is -0.129. The zero-order valence-corrected chi connectivity index (χ0v) is 11.8. The number of nitrogens with one attached hydrogen (secondary N) is 1. The number of thioether (sulfide) groups is 1. The minimum Gasteiger partial charge on any atom is -0.322 e. The van der Waals surface area contributed by atoms with Gasteiger partial charge in [-0.3, -0.25) is 9.69 Å². The lowest BCUT2D eigenvalue weighted by Crippen LogP contribution is -2.48. The maximum atomic E-state index is 12.3. The maximum Gasteiger partial charge on any atom is 0.324 e. The Balaban J connectivity index is 2.17. The van der Waals surface area contributed by atoms with Crippen LogP contribution in [0.25, 0.3) is 0 Å². The summed E-state index contributed by atoms with van der Waals surface area (Å²) in [6, 6.07) is -0.185. The predicted molar refractivity (Wildman–Crippen MR) is 68.3 cm³/mol. The molecular weight excluding hydrogens is 240 g/mol. The Hall–Kier alpha value is -0.493. The highest BCUT2D eigenvalue weighted by Gasteiger charge is 2.53. The first-order valence-electron chi connectivity index (χ1n) is 5.56. The third-order valence-corrected chi connectivity index (χ3v) is 5.35. The summed E-state index contributed by atoms with van der Waals surface area (Å²) < 4.78 is 0. The van der Waals surface area contributed by atoms with Gasteiger partial charge in [-0.1, -0.05) is 19.6 Å². The molecule has 0 saturated carbocycles. The molecule has 0 bridgehead atoms. The molecule has 2 saturated heterocycles. The van der Waals surface area contributed by atoms with Crippen molar-refractivity contribution in [2.75, 3.05) is 17.7 Å². The van der Waals surface area contributed by atoms with E-state index in [1.165, 1.54) is 4.90 Å². The van der Waals surface area contributed by atoms with Crippen LogP contribution in [-0.4, -0.2) is 48.1 Å². The standard InChI is InChI=1S/C10H18N2O2SSi/c1-16(2,3)7-12-8(13)10(11-9(12)14)4-5-15-6-10/h4-7H2,1-3H3,(H,11,14)/t10-/m0/s1. The highest BCUT2D eigenvalue weighted by atomic mass is 32.2. The number of imide groups is 1. The van der Waals surface area contributed by atoms with E-state index < -0.39 is 13.6 Å². The first-order valence-corrected chi connectivity index (χ1v) is 10.4. The molecule has 0 radical (unpaired) electrons. The Morgan fingerprint density at radius 3 is 2.62 bits per heavy atom. The molecule has 1 atom stereocenters. The van der Waals surface area contributed by atoms with Crippen LogP contribution in [0.15, 0.2) is 0 Å². The van der Waals surface area contributed by atoms with Gasteiger partial charge in [0, 0.05) is 11.9 Å². The second-order valence-electron chi connectivity index (χ2n) is 5.77. The lowest BCUT2D eigenvalue weighted by atomic mass is 10.00. The molecule has 2 aliphatic heterocycles. The number of urea groups is 1. The van der Waals surface area contributed by atoms with Gasteiger partial charge < -0.3 is 5.32 Å². The molecule has 6 heteroatoms. The molecule has 16 heavy (non-hydrogen) atoms. The summed E-state index contributed by atoms with van der Waals surface area (Å²) in [5.41, 5.74) is -0.568. The van der Waals surface area contributed by atoms with Gasteiger partial charge in [-0.2, -0.15) is 11.8 Å². The molecule has 2 heterocycles. The van der Waals surface area contributed by atoms with Gasteiger partial charge in [-0.05, 0) is 12.2 Å². The molecule has 0 unspecified atom stereocenters. The smallest absolute Gasteiger partial charge is 0.322 e. The maximum absolute atomic E-state index is 12.3. The van der Waals surface area contributed by atoms with Crippen LogP contribution >= 0.6 is 11.8 Å². The van der Waals surface area contributed by atoms with Crippen LogP contribution in [0.2, 0.25) is 19.6 Å². The predicted octanol–water partition coefficient (Wildman–Crippen LogP) is 1.29. The van der Waals surface area contributed by atoms with Gasteiger partial charge in [0.05, 0.1) is 8.07 Å². The van der Waals surface area contributed by atoms with Gasteiger partial charge >= 0.3 is 6.03 Å². The molecule has 1 N–H and O–H groups in total. The molecule has 0 aromatic rings. The van der Waals surface area contributed by atoms with Gasteiger partial charge in [0.2, 0.25) is 0 Å². The Labute approximate surface area is 101 Å². The van der Waals surface area contributed by atoms with Crippen molar-refractivity contribution in [3.63, 3.8) is 0 Å². The quantitative estimate of drug-likeness (QED) is 0.600. The van der Waals surface area contributed by atoms with Crippen molar-refractivity contribution in [3.05, 3.63) is 0 Å². The van der Waals surface area contributed by atoms with Crippen LogP contribution in [0.4, 0.5) is 4.79 Å². The summed E-state index contributed by atoms with van der Waals surface area (Å²) in [5.74, 6) is 1.71. The van der Waals surface area contributed by atoms with Crippen molar-refractivity contribution in [3.8, 4) is 0 Å². The van der Waals surface area contributed by atoms with Crippen LogP contribution in [0.3, 0.4) is 0 Å². The third-order valence-electron chi connectivity index (χ3n) is 2.90. The molecule has 4 nitrogen and oxygen atoms in total. The largest absolute Gasteiger partial charge is 0.324 e. The van der Waals surface area contributed by atoms with Crippen molar-refractivity contribution < 1.29 is 9.59 Å². The fraction of sp³-hybridized carbons (Fsp3) is 0.800. The van der Waals surface area contributed by atoms with E-state index in [-0.39, 0.29) is 11.9 Å². The van der Waals surface area contributed by atoms with Gasteiger partial charge in [-0.25, -0.2) is 4.79 Å². The van der Waals surface area contributed by atoms with Crippen molar-refractivity contribution in [1.29, 1.82) is 0 Å². The number of hydrogen-bond acceptors (Lipinski definition) is 3. The second kappa shape index (κ2) is 3.77. The molecule has 0 aliphatic carbocycles. The molecule has 2 rings (SSSR count). The highest BCUT2D eigenvalue weighted by molar-refractivity contribution is 7.99. The summed E-state index contributed by atoms with van der Waals surface area (Å²) in [4.78, 5) is 25.5. The summed E-state index contributed by atoms with van der Waals surface area (Å²) in [6.45, 7) is 6.51. The number of carbonyl (C=O) groups is 2. The Morgan fingerprint density at radius 1 is 1.44 bits per heavy atom. The summed E-state index contributed by atoms with van der Waals surface area (Å²) in [5, 5.41) is 2.89. The van der Waals surface area contributed by atoms with Crippen LogP contribution in [0.5, 0.6) is 0 Å². The molecule has 0 aromatic carbocycles. The number of carbonyl (C=O) groups excluding carboxylic acids is 2. The first-order chi connectivity index (χ1) is 7.34. The van der Waals surface area contributed by atoms with E-state index in [0.29, 0.717) is 6.17 Å². The Bertz CT molecular complexity index is 334. The molecule has 90 valence electrons. The number of rotatable bonds is 2. The van der Waals surface area contributed by atoms with E-state index in [4.69, 9.17) is 0 Å². The van der Waals surface area contributed by atoms with E-state index in [0.717, 1.165) is 17.9 Å². The Kier molecular flexibility index (Phi) is 2.82. The normalized spacial score (nSPS) is 30.3. The van der Waals surface area contributed by atoms with Crippen molar-refractivity contribution >= 4 is 31.8 Å². The lowest BCUT2D eigenvalue weighted by Gasteiger charge is -2.24. The molecule has 0 aromatic heterocycles. The van der Waals surface area contributed by atoms with Crippen molar-refractivity contribution in [1.82, 2.24) is 10.2 Å². The van der Waals surface area contributed by atoms with Gasteiger partial charge in [0.1, 0.15) is 5.54 Å². The summed E-state index contributed by atoms with van der Waals surface area (Å²) >= 11 is 1.75. The van der Waals surface area contributed by atoms with Crippen LogP contribution < -0.4 is 5.32 Å². The molecule has 1 spiro atoms. The summed E-state index contributed by atoms with van der Waals surface area (Å²) in [6.07, 6.45) is 1.41. The van der Waals surface area contributed by atoms with Crippen LogP contribution in [-0.2, 0) is 4.79 Å². The number of nitrogens with zero attached hydrogens (tertiary/aromatic N) is 1. The van der Waals surface area contributed by atoms with E-state index in [9.17, 15) is 9.59 Å². The molecular formula is C10H18N2O2SSi. The Morgan fingerprint density at radius 2 is 2.12 bits per heavy atom. The van der Waals surface area contributed by atoms with Gasteiger partial charge in [0.25, 0.3) is 5.91 Å². The fourth-order valence-electron chi connectivity index (χ4n) is 2.13. The van der Waals surface area contributed by atoms with E-state index in [1.807, 2.05) is 0 Å². The zero-order chi connectivity index (χ0) is 12.0. The topological polar surface area (TPSA) is 49.4 Å². The first kappa shape index (κ1) is 12.0. The van der Waals surface area contributed by atoms with Crippen LogP contribution in [0.1, 0.15) is 6.42 Å². The van der Waals surface area contributed by atoms with E-state index in [2.05, 4.69) is 25.0 Å². The van der Waals surface area contributed by atoms with Crippen molar-refractivity contribution in [2.24, 2.45) is 0 Å². The minimum absolute atomic E-state index is 0.00456. The minimum atomic E-state index is -1.44. The van der Waals surface area contributed by atoms with E-state index >= 15 is 0 Å². The third kappa shape index (κ3) is 2.00. The second-order valence-corrected chi connectivity index (χ2v) is 12.3. The molecule has 2 aliphatic rings. The average molecular weight is 258 g/mol. The van der Waals surface area contributed by atoms with Gasteiger partial charge in [-0.15, -0.1) is 0 Å². The molecule has 2 fully saturated rings. The average Bonchev–Trinajstić information content (AvgIpc) is 2.68. The zero-order valence-electron chi connectivity index (χ0n) is 10.0. The number of amides is 3. The SMILES string of the molecule is C[Si](C)(C)CN1C(=O)N[C@]2(CCSC2)C1=O. The van der Waals surface area contributed by atoms with Crippen molar-refractivity contribution in [2.45, 2.75) is 31.6 Å². The monoisotopic (exact) mass is 258 g/mol.